The SMILES string of the molecule is Clc1csc(CNC2CCCCCC2)c1. The van der Waals surface area contributed by atoms with Crippen LogP contribution in [-0.4, -0.2) is 6.04 Å². The molecule has 84 valence electrons. The number of halogens is 1. The molecular weight excluding hydrogens is 226 g/mol. The lowest BCUT2D eigenvalue weighted by molar-refractivity contribution is 0.461. The Hall–Kier alpha value is -0.0500. The Kier molecular flexibility index (Phi) is 4.48. The minimum absolute atomic E-state index is 0.730. The molecule has 0 bridgehead atoms. The van der Waals surface area contributed by atoms with Gasteiger partial charge in [0.15, 0.2) is 0 Å². The van der Waals surface area contributed by atoms with Crippen LogP contribution in [0.1, 0.15) is 43.4 Å². The van der Waals surface area contributed by atoms with Gasteiger partial charge in [-0.15, -0.1) is 11.3 Å². The summed E-state index contributed by atoms with van der Waals surface area (Å²) in [6, 6.07) is 2.80. The van der Waals surface area contributed by atoms with Crippen molar-refractivity contribution in [2.45, 2.75) is 51.1 Å². The lowest BCUT2D eigenvalue weighted by Crippen LogP contribution is -2.27. The van der Waals surface area contributed by atoms with Crippen LogP contribution in [0.4, 0.5) is 0 Å². The summed E-state index contributed by atoms with van der Waals surface area (Å²) >= 11 is 7.64. The third-order valence-corrected chi connectivity index (χ3v) is 4.33. The Labute approximate surface area is 101 Å². The third kappa shape index (κ3) is 3.78. The van der Waals surface area contributed by atoms with E-state index in [4.69, 9.17) is 11.6 Å². The lowest BCUT2D eigenvalue weighted by Gasteiger charge is -2.15. The second-order valence-corrected chi connectivity index (χ2v) is 5.73. The number of rotatable bonds is 3. The van der Waals surface area contributed by atoms with Gasteiger partial charge in [-0.3, -0.25) is 0 Å². The minimum Gasteiger partial charge on any atom is -0.309 e. The fraction of sp³-hybridized carbons (Fsp3) is 0.667. The van der Waals surface area contributed by atoms with Gasteiger partial charge in [-0.25, -0.2) is 0 Å². The van der Waals surface area contributed by atoms with E-state index in [0.717, 1.165) is 17.6 Å². The average Bonchev–Trinajstić information content (AvgIpc) is 2.52. The van der Waals surface area contributed by atoms with Crippen molar-refractivity contribution in [2.75, 3.05) is 0 Å². The molecule has 2 rings (SSSR count). The van der Waals surface area contributed by atoms with Gasteiger partial charge < -0.3 is 5.32 Å². The summed E-state index contributed by atoms with van der Waals surface area (Å²) in [4.78, 5) is 1.35. The predicted molar refractivity (Wildman–Crippen MR) is 67.7 cm³/mol. The molecule has 1 heterocycles. The molecule has 3 heteroatoms. The Morgan fingerprint density at radius 3 is 2.60 bits per heavy atom. The molecule has 1 fully saturated rings. The first-order valence-electron chi connectivity index (χ1n) is 5.81. The number of thiophene rings is 1. The Morgan fingerprint density at radius 1 is 1.27 bits per heavy atom. The van der Waals surface area contributed by atoms with E-state index in [2.05, 4.69) is 11.4 Å². The molecule has 1 nitrogen and oxygen atoms in total. The summed E-state index contributed by atoms with van der Waals surface area (Å²) in [5, 5.41) is 6.52. The van der Waals surface area contributed by atoms with Crippen molar-refractivity contribution >= 4 is 22.9 Å². The first-order chi connectivity index (χ1) is 7.34. The van der Waals surface area contributed by atoms with Gasteiger partial charge in [0.25, 0.3) is 0 Å². The van der Waals surface area contributed by atoms with Crippen LogP contribution in [0, 0.1) is 0 Å². The topological polar surface area (TPSA) is 12.0 Å². The van der Waals surface area contributed by atoms with Crippen molar-refractivity contribution in [3.8, 4) is 0 Å². The molecule has 0 saturated heterocycles. The second kappa shape index (κ2) is 5.88. The Morgan fingerprint density at radius 2 is 2.00 bits per heavy atom. The van der Waals surface area contributed by atoms with E-state index < -0.39 is 0 Å². The van der Waals surface area contributed by atoms with Crippen molar-refractivity contribution in [1.29, 1.82) is 0 Å². The van der Waals surface area contributed by atoms with Gasteiger partial charge in [0.2, 0.25) is 0 Å². The maximum Gasteiger partial charge on any atom is 0.0516 e. The van der Waals surface area contributed by atoms with Crippen LogP contribution >= 0.6 is 22.9 Å². The van der Waals surface area contributed by atoms with Gasteiger partial charge in [0.05, 0.1) is 5.02 Å². The van der Waals surface area contributed by atoms with Crippen LogP contribution in [0.25, 0.3) is 0 Å². The van der Waals surface area contributed by atoms with Gasteiger partial charge in [0, 0.05) is 22.8 Å². The fourth-order valence-corrected chi connectivity index (χ4v) is 3.20. The maximum absolute atomic E-state index is 5.89. The number of nitrogens with one attached hydrogen (secondary N) is 1. The average molecular weight is 244 g/mol. The monoisotopic (exact) mass is 243 g/mol. The molecule has 15 heavy (non-hydrogen) atoms. The van der Waals surface area contributed by atoms with Crippen LogP contribution in [0.3, 0.4) is 0 Å². The Bertz CT molecular complexity index is 290. The van der Waals surface area contributed by atoms with Crippen LogP contribution in [0.5, 0.6) is 0 Å². The molecule has 1 N–H and O–H groups in total. The highest BCUT2D eigenvalue weighted by atomic mass is 35.5. The minimum atomic E-state index is 0.730. The van der Waals surface area contributed by atoms with Crippen molar-refractivity contribution in [2.24, 2.45) is 0 Å². The molecule has 0 spiro atoms. The molecule has 1 saturated carbocycles. The van der Waals surface area contributed by atoms with Crippen LogP contribution < -0.4 is 5.32 Å². The van der Waals surface area contributed by atoms with Gasteiger partial charge in [-0.2, -0.15) is 0 Å². The van der Waals surface area contributed by atoms with Gasteiger partial charge in [0.1, 0.15) is 0 Å². The first kappa shape index (κ1) is 11.4. The van der Waals surface area contributed by atoms with Gasteiger partial charge in [-0.1, -0.05) is 37.3 Å². The van der Waals surface area contributed by atoms with Crippen molar-refractivity contribution in [3.63, 3.8) is 0 Å². The van der Waals surface area contributed by atoms with E-state index >= 15 is 0 Å². The molecule has 0 radical (unpaired) electrons. The molecule has 0 atom stereocenters. The number of hydrogen-bond donors (Lipinski definition) is 1. The van der Waals surface area contributed by atoms with E-state index in [1.807, 2.05) is 5.38 Å². The summed E-state index contributed by atoms with van der Waals surface area (Å²) in [6.07, 6.45) is 8.32. The van der Waals surface area contributed by atoms with E-state index in [1.54, 1.807) is 11.3 Å². The first-order valence-corrected chi connectivity index (χ1v) is 7.06. The zero-order valence-electron chi connectivity index (χ0n) is 8.97. The zero-order valence-corrected chi connectivity index (χ0v) is 10.5. The normalized spacial score (nSPS) is 19.0. The highest BCUT2D eigenvalue weighted by molar-refractivity contribution is 7.10. The van der Waals surface area contributed by atoms with Crippen molar-refractivity contribution in [1.82, 2.24) is 5.32 Å². The largest absolute Gasteiger partial charge is 0.309 e. The summed E-state index contributed by atoms with van der Waals surface area (Å²) in [6.45, 7) is 0.988. The summed E-state index contributed by atoms with van der Waals surface area (Å²) in [5.74, 6) is 0. The summed E-state index contributed by atoms with van der Waals surface area (Å²) < 4.78 is 0. The smallest absolute Gasteiger partial charge is 0.0516 e. The third-order valence-electron chi connectivity index (χ3n) is 3.04. The Balaban J connectivity index is 1.76. The van der Waals surface area contributed by atoms with Crippen LogP contribution in [-0.2, 0) is 6.54 Å². The highest BCUT2D eigenvalue weighted by Gasteiger charge is 2.11. The van der Waals surface area contributed by atoms with Gasteiger partial charge in [-0.05, 0) is 18.9 Å². The van der Waals surface area contributed by atoms with E-state index in [-0.39, 0.29) is 0 Å². The highest BCUT2D eigenvalue weighted by Crippen LogP contribution is 2.21. The lowest BCUT2D eigenvalue weighted by atomic mass is 10.1. The van der Waals surface area contributed by atoms with E-state index in [9.17, 15) is 0 Å². The van der Waals surface area contributed by atoms with Crippen molar-refractivity contribution in [3.05, 3.63) is 21.3 Å². The van der Waals surface area contributed by atoms with Crippen LogP contribution in [0.15, 0.2) is 11.4 Å². The maximum atomic E-state index is 5.89. The van der Waals surface area contributed by atoms with Crippen LogP contribution in [0.2, 0.25) is 5.02 Å². The molecule has 1 aromatic rings. The van der Waals surface area contributed by atoms with E-state index in [0.29, 0.717) is 0 Å². The molecule has 0 aliphatic heterocycles. The summed E-state index contributed by atoms with van der Waals surface area (Å²) in [5.41, 5.74) is 0. The summed E-state index contributed by atoms with van der Waals surface area (Å²) in [7, 11) is 0. The second-order valence-electron chi connectivity index (χ2n) is 4.30. The van der Waals surface area contributed by atoms with Gasteiger partial charge >= 0.3 is 0 Å². The number of hydrogen-bond acceptors (Lipinski definition) is 2. The molecule has 0 amide bonds. The molecule has 1 aliphatic carbocycles. The fourth-order valence-electron chi connectivity index (χ4n) is 2.17. The molecular formula is C12H18ClNS. The molecule has 1 aromatic heterocycles. The molecule has 1 aliphatic rings. The van der Waals surface area contributed by atoms with Crippen molar-refractivity contribution < 1.29 is 0 Å². The zero-order chi connectivity index (χ0) is 10.5. The van der Waals surface area contributed by atoms with E-state index in [1.165, 1.54) is 43.4 Å². The quantitative estimate of drug-likeness (QED) is 0.784. The standard InChI is InChI=1S/C12H18ClNS/c13-10-7-12(15-9-10)8-14-11-5-3-1-2-4-6-11/h7,9,11,14H,1-6,8H2. The predicted octanol–water partition coefficient (Wildman–Crippen LogP) is 4.21. The molecule has 0 aromatic carbocycles. The molecule has 0 unspecified atom stereocenters.